The molecule has 1 fully saturated rings. The summed E-state index contributed by atoms with van der Waals surface area (Å²) in [5.41, 5.74) is 2.00. The number of carbonyl (C=O) groups is 1. The lowest BCUT2D eigenvalue weighted by molar-refractivity contribution is 0.0976. The van der Waals surface area contributed by atoms with E-state index in [1.54, 1.807) is 23.2 Å². The first-order chi connectivity index (χ1) is 11.9. The molecular formula is C18H18N2O4S. The quantitative estimate of drug-likeness (QED) is 0.842. The van der Waals surface area contributed by atoms with Gasteiger partial charge in [0.05, 0.1) is 17.1 Å². The minimum absolute atomic E-state index is 0.167. The topological polar surface area (TPSA) is 76.6 Å². The second-order valence-electron chi connectivity index (χ2n) is 6.45. The summed E-state index contributed by atoms with van der Waals surface area (Å²) in [6.07, 6.45) is 5.04. The van der Waals surface area contributed by atoms with Crippen molar-refractivity contribution in [2.45, 2.75) is 23.7 Å². The van der Waals surface area contributed by atoms with Gasteiger partial charge in [0.15, 0.2) is 9.84 Å². The number of nitrogens with zero attached hydrogens (tertiary/aromatic N) is 2. The molecule has 2 aromatic rings. The molecule has 1 saturated carbocycles. The van der Waals surface area contributed by atoms with Crippen molar-refractivity contribution >= 4 is 21.4 Å². The molecule has 25 heavy (non-hydrogen) atoms. The smallest absolute Gasteiger partial charge is 0.258 e. The van der Waals surface area contributed by atoms with E-state index in [4.69, 9.17) is 4.74 Å². The highest BCUT2D eigenvalue weighted by atomic mass is 32.2. The second-order valence-corrected chi connectivity index (χ2v) is 8.47. The maximum atomic E-state index is 13.0. The normalized spacial score (nSPS) is 16.9. The van der Waals surface area contributed by atoms with Crippen molar-refractivity contribution in [2.24, 2.45) is 0 Å². The molecule has 0 atom stereocenters. The minimum Gasteiger partial charge on any atom is -0.490 e. The summed E-state index contributed by atoms with van der Waals surface area (Å²) in [6, 6.07) is 8.15. The number of anilines is 1. The summed E-state index contributed by atoms with van der Waals surface area (Å²) in [4.78, 5) is 19.1. The van der Waals surface area contributed by atoms with Gasteiger partial charge in [-0.15, -0.1) is 0 Å². The van der Waals surface area contributed by atoms with Crippen molar-refractivity contribution in [1.29, 1.82) is 0 Å². The lowest BCUT2D eigenvalue weighted by Gasteiger charge is -2.30. The Bertz CT molecular complexity index is 951. The molecule has 4 rings (SSSR count). The van der Waals surface area contributed by atoms with E-state index < -0.39 is 9.84 Å². The van der Waals surface area contributed by atoms with Crippen LogP contribution in [0.3, 0.4) is 0 Å². The van der Waals surface area contributed by atoms with Gasteiger partial charge in [0, 0.05) is 29.6 Å². The number of fused-ring (bicyclic) bond motifs is 1. The molecule has 1 aromatic carbocycles. The third-order valence-electron chi connectivity index (χ3n) is 4.49. The number of carbonyl (C=O) groups excluding carboxylic acids is 1. The van der Waals surface area contributed by atoms with Crippen molar-refractivity contribution in [2.75, 3.05) is 24.3 Å². The third kappa shape index (κ3) is 3.11. The highest BCUT2D eigenvalue weighted by Gasteiger charge is 2.29. The zero-order valence-corrected chi connectivity index (χ0v) is 14.6. The van der Waals surface area contributed by atoms with Crippen LogP contribution in [0, 0.1) is 0 Å². The fourth-order valence-electron chi connectivity index (χ4n) is 2.98. The molecule has 6 nitrogen and oxygen atoms in total. The van der Waals surface area contributed by atoms with Gasteiger partial charge in [0.2, 0.25) is 0 Å². The first-order valence-electron chi connectivity index (χ1n) is 8.18. The Labute approximate surface area is 146 Å². The number of hydrogen-bond donors (Lipinski definition) is 0. The number of pyridine rings is 1. The van der Waals surface area contributed by atoms with E-state index in [9.17, 15) is 13.2 Å². The Balaban J connectivity index is 1.72. The summed E-state index contributed by atoms with van der Waals surface area (Å²) in [6.45, 7) is 0.748. The zero-order chi connectivity index (χ0) is 17.6. The van der Waals surface area contributed by atoms with Crippen LogP contribution in [0.4, 0.5) is 5.69 Å². The number of rotatable bonds is 3. The molecule has 1 aliphatic carbocycles. The SMILES string of the molecule is CS(=O)(=O)c1ccc2c(c1)N(C(=O)c1ccnc(C3CC3)c1)CCO2. The molecule has 130 valence electrons. The standard InChI is InChI=1S/C18H18N2O4S/c1-25(22,23)14-4-5-17-16(11-14)20(8-9-24-17)18(21)13-6-7-19-15(10-13)12-2-3-12/h4-7,10-12H,2-3,8-9H2,1H3. The Hall–Kier alpha value is -2.41. The Kier molecular flexibility index (Phi) is 3.76. The number of aromatic nitrogens is 1. The van der Waals surface area contributed by atoms with Crippen molar-refractivity contribution in [3.63, 3.8) is 0 Å². The second kappa shape index (κ2) is 5.84. The van der Waals surface area contributed by atoms with Crippen LogP contribution in [0.1, 0.15) is 34.8 Å². The van der Waals surface area contributed by atoms with Crippen molar-refractivity contribution in [3.05, 3.63) is 47.8 Å². The van der Waals surface area contributed by atoms with E-state index in [1.165, 1.54) is 12.1 Å². The van der Waals surface area contributed by atoms with E-state index in [2.05, 4.69) is 4.98 Å². The fourth-order valence-corrected chi connectivity index (χ4v) is 3.62. The molecule has 1 aliphatic heterocycles. The average molecular weight is 358 g/mol. The largest absolute Gasteiger partial charge is 0.490 e. The van der Waals surface area contributed by atoms with Crippen LogP contribution in [-0.4, -0.2) is 38.7 Å². The van der Waals surface area contributed by atoms with Crippen LogP contribution in [0.5, 0.6) is 5.75 Å². The first-order valence-corrected chi connectivity index (χ1v) is 10.1. The molecular weight excluding hydrogens is 340 g/mol. The van der Waals surface area contributed by atoms with Gasteiger partial charge in [-0.05, 0) is 43.2 Å². The Morgan fingerprint density at radius 3 is 2.76 bits per heavy atom. The van der Waals surface area contributed by atoms with Crippen LogP contribution in [0.2, 0.25) is 0 Å². The van der Waals surface area contributed by atoms with E-state index in [1.807, 2.05) is 6.07 Å². The zero-order valence-electron chi connectivity index (χ0n) is 13.8. The molecule has 2 heterocycles. The predicted molar refractivity (Wildman–Crippen MR) is 92.9 cm³/mol. The molecule has 0 unspecified atom stereocenters. The minimum atomic E-state index is -3.36. The molecule has 0 N–H and O–H groups in total. The fraction of sp³-hybridized carbons (Fsp3) is 0.333. The summed E-state index contributed by atoms with van der Waals surface area (Å²) >= 11 is 0. The maximum absolute atomic E-state index is 13.0. The van der Waals surface area contributed by atoms with Crippen molar-refractivity contribution in [3.8, 4) is 5.75 Å². The van der Waals surface area contributed by atoms with Crippen LogP contribution in [0.15, 0.2) is 41.4 Å². The molecule has 7 heteroatoms. The van der Waals surface area contributed by atoms with Crippen LogP contribution >= 0.6 is 0 Å². The number of sulfone groups is 1. The van der Waals surface area contributed by atoms with Crippen molar-refractivity contribution < 1.29 is 17.9 Å². The lowest BCUT2D eigenvalue weighted by Crippen LogP contribution is -2.38. The first kappa shape index (κ1) is 16.1. The third-order valence-corrected chi connectivity index (χ3v) is 5.60. The van der Waals surface area contributed by atoms with Gasteiger partial charge in [-0.2, -0.15) is 0 Å². The van der Waals surface area contributed by atoms with Crippen molar-refractivity contribution in [1.82, 2.24) is 4.98 Å². The number of benzene rings is 1. The van der Waals surface area contributed by atoms with E-state index in [0.29, 0.717) is 36.1 Å². The summed E-state index contributed by atoms with van der Waals surface area (Å²) in [5.74, 6) is 0.810. The number of amides is 1. The summed E-state index contributed by atoms with van der Waals surface area (Å²) in [5, 5.41) is 0. The monoisotopic (exact) mass is 358 g/mol. The van der Waals surface area contributed by atoms with Gasteiger partial charge >= 0.3 is 0 Å². The Morgan fingerprint density at radius 1 is 1.24 bits per heavy atom. The van der Waals surface area contributed by atoms with Crippen LogP contribution in [-0.2, 0) is 9.84 Å². The molecule has 0 saturated heterocycles. The highest BCUT2D eigenvalue weighted by molar-refractivity contribution is 7.90. The van der Waals surface area contributed by atoms with Gasteiger partial charge in [0.1, 0.15) is 12.4 Å². The molecule has 1 amide bonds. The van der Waals surface area contributed by atoms with Crippen LogP contribution in [0.25, 0.3) is 0 Å². The number of hydrogen-bond acceptors (Lipinski definition) is 5. The van der Waals surface area contributed by atoms with Crippen LogP contribution < -0.4 is 9.64 Å². The van der Waals surface area contributed by atoms with Gasteiger partial charge in [-0.1, -0.05) is 0 Å². The van der Waals surface area contributed by atoms with E-state index in [0.717, 1.165) is 24.8 Å². The maximum Gasteiger partial charge on any atom is 0.258 e. The molecule has 1 aromatic heterocycles. The van der Waals surface area contributed by atoms with Gasteiger partial charge < -0.3 is 9.64 Å². The van der Waals surface area contributed by atoms with Gasteiger partial charge in [0.25, 0.3) is 5.91 Å². The lowest BCUT2D eigenvalue weighted by atomic mass is 10.1. The number of ether oxygens (including phenoxy) is 1. The predicted octanol–water partition coefficient (Wildman–Crippen LogP) is 2.40. The molecule has 2 aliphatic rings. The summed E-state index contributed by atoms with van der Waals surface area (Å²) < 4.78 is 29.3. The average Bonchev–Trinajstić information content (AvgIpc) is 3.44. The van der Waals surface area contributed by atoms with E-state index in [-0.39, 0.29) is 10.8 Å². The van der Waals surface area contributed by atoms with E-state index >= 15 is 0 Å². The summed E-state index contributed by atoms with van der Waals surface area (Å²) in [7, 11) is -3.36. The molecule has 0 spiro atoms. The highest BCUT2D eigenvalue weighted by Crippen LogP contribution is 2.39. The van der Waals surface area contributed by atoms with Gasteiger partial charge in [-0.3, -0.25) is 9.78 Å². The van der Waals surface area contributed by atoms with Gasteiger partial charge in [-0.25, -0.2) is 8.42 Å². The molecule has 0 radical (unpaired) electrons. The Morgan fingerprint density at radius 2 is 2.04 bits per heavy atom. The molecule has 0 bridgehead atoms.